The van der Waals surface area contributed by atoms with Crippen LogP contribution in [0, 0.1) is 0 Å². The molecule has 0 saturated heterocycles. The smallest absolute Gasteiger partial charge is 0.475 e. The number of hydrogen-bond acceptors (Lipinski definition) is 9. The Morgan fingerprint density at radius 2 is 1.69 bits per heavy atom. The van der Waals surface area contributed by atoms with Crippen LogP contribution in [-0.4, -0.2) is 96.9 Å². The summed E-state index contributed by atoms with van der Waals surface area (Å²) in [6.07, 6.45) is -2.07. The minimum absolute atomic E-state index is 0.145. The number of aromatic nitrogens is 2. The van der Waals surface area contributed by atoms with Crippen molar-refractivity contribution in [2.24, 2.45) is 0 Å². The van der Waals surface area contributed by atoms with Crippen LogP contribution in [0.3, 0.4) is 0 Å². The van der Waals surface area contributed by atoms with Crippen molar-refractivity contribution in [1.29, 1.82) is 0 Å². The fourth-order valence-corrected chi connectivity index (χ4v) is 5.32. The Balaban J connectivity index is 0.000000838. The van der Waals surface area contributed by atoms with Crippen LogP contribution in [0.4, 0.5) is 23.8 Å². The summed E-state index contributed by atoms with van der Waals surface area (Å²) >= 11 is 12.9. The molecule has 1 aliphatic rings. The summed E-state index contributed by atoms with van der Waals surface area (Å²) in [7, 11) is 2.11. The van der Waals surface area contributed by atoms with Crippen molar-refractivity contribution in [3.8, 4) is 11.3 Å². The van der Waals surface area contributed by atoms with Gasteiger partial charge in [-0.1, -0.05) is 41.4 Å². The molecular formula is C33H40Cl2F3N5O6. The predicted molar refractivity (Wildman–Crippen MR) is 180 cm³/mol. The SMILES string of the molecule is CN1Cc2c(Cl)cc(Cl)cc2[C@H](c2cccc(-c3cncc(NCCOCCOCCNC(=O)OC(C)(C)C)n3)c2)C1.O=C(O)C(F)(F)F. The average Bonchev–Trinajstić information content (AvgIpc) is 3.01. The number of nitrogens with one attached hydrogen (secondary N) is 2. The number of carbonyl (C=O) groups excluding carboxylic acids is 1. The number of aliphatic carboxylic acids is 1. The molecular weight excluding hydrogens is 690 g/mol. The zero-order valence-electron chi connectivity index (χ0n) is 27.6. The van der Waals surface area contributed by atoms with E-state index in [0.717, 1.165) is 29.9 Å². The molecule has 2 aromatic carbocycles. The number of anilines is 1. The summed E-state index contributed by atoms with van der Waals surface area (Å²) in [5.74, 6) is -1.94. The first kappa shape index (κ1) is 39.7. The van der Waals surface area contributed by atoms with Gasteiger partial charge in [-0.15, -0.1) is 0 Å². The van der Waals surface area contributed by atoms with E-state index in [-0.39, 0.29) is 5.92 Å². The number of alkyl carbamates (subject to hydrolysis) is 1. The molecule has 0 unspecified atom stereocenters. The lowest BCUT2D eigenvalue weighted by Crippen LogP contribution is -2.34. The minimum atomic E-state index is -5.08. The fraction of sp³-hybridized carbons (Fsp3) is 0.455. The Morgan fingerprint density at radius 3 is 2.35 bits per heavy atom. The molecule has 49 heavy (non-hydrogen) atoms. The summed E-state index contributed by atoms with van der Waals surface area (Å²) < 4.78 is 48.0. The van der Waals surface area contributed by atoms with E-state index < -0.39 is 23.8 Å². The Morgan fingerprint density at radius 1 is 1.02 bits per heavy atom. The molecule has 1 aromatic heterocycles. The molecule has 0 saturated carbocycles. The number of carboxylic acids is 1. The van der Waals surface area contributed by atoms with Crippen LogP contribution >= 0.6 is 23.2 Å². The number of amides is 1. The standard InChI is InChI=1S/C31H39Cl2N5O4.C2HF3O2/c1-31(2,3)42-30(39)36-9-11-41-13-12-40-10-8-35-29-18-34-17-28(37-29)22-7-5-6-21(14-22)25-19-38(4)20-26-24(25)15-23(32)16-27(26)33;3-2(4,5)1(6)7/h5-7,14-18,25H,8-13,19-20H2,1-4H3,(H,35,37)(H,36,39);(H,6,7)/t25-;/m0./s1. The number of alkyl halides is 3. The molecule has 4 rings (SSSR count). The van der Waals surface area contributed by atoms with Gasteiger partial charge >= 0.3 is 18.2 Å². The first-order valence-electron chi connectivity index (χ1n) is 15.3. The monoisotopic (exact) mass is 729 g/mol. The number of rotatable bonds is 12. The Labute approximate surface area is 293 Å². The molecule has 0 aliphatic carbocycles. The molecule has 3 aromatic rings. The highest BCUT2D eigenvalue weighted by molar-refractivity contribution is 6.35. The summed E-state index contributed by atoms with van der Waals surface area (Å²) in [6, 6.07) is 12.3. The maximum absolute atomic E-state index is 11.6. The van der Waals surface area contributed by atoms with E-state index >= 15 is 0 Å². The Kier molecular flexibility index (Phi) is 14.9. The Bertz CT molecular complexity index is 1560. The van der Waals surface area contributed by atoms with Gasteiger partial charge in [-0.2, -0.15) is 13.2 Å². The van der Waals surface area contributed by atoms with E-state index in [1.165, 1.54) is 11.1 Å². The van der Waals surface area contributed by atoms with Crippen LogP contribution in [0.5, 0.6) is 0 Å². The van der Waals surface area contributed by atoms with E-state index in [1.54, 1.807) is 12.4 Å². The number of fused-ring (bicyclic) bond motifs is 1. The predicted octanol–water partition coefficient (Wildman–Crippen LogP) is 6.63. The fourth-order valence-electron chi connectivity index (χ4n) is 4.75. The van der Waals surface area contributed by atoms with Crippen molar-refractivity contribution in [2.75, 3.05) is 58.4 Å². The largest absolute Gasteiger partial charge is 0.490 e. The molecule has 11 nitrogen and oxygen atoms in total. The maximum Gasteiger partial charge on any atom is 0.490 e. The molecule has 0 bridgehead atoms. The second-order valence-electron chi connectivity index (χ2n) is 12.0. The molecule has 1 amide bonds. The van der Waals surface area contributed by atoms with Gasteiger partial charge in [0.2, 0.25) is 0 Å². The first-order chi connectivity index (χ1) is 23.0. The Hall–Kier alpha value is -3.69. The average molecular weight is 731 g/mol. The third kappa shape index (κ3) is 13.6. The van der Waals surface area contributed by atoms with Crippen LogP contribution in [0.15, 0.2) is 48.8 Å². The second kappa shape index (κ2) is 18.3. The normalized spacial score (nSPS) is 14.7. The van der Waals surface area contributed by atoms with Crippen LogP contribution in [0.1, 0.15) is 43.4 Å². The lowest BCUT2D eigenvalue weighted by Gasteiger charge is -2.33. The van der Waals surface area contributed by atoms with Crippen molar-refractivity contribution in [2.45, 2.75) is 45.0 Å². The van der Waals surface area contributed by atoms with Gasteiger partial charge in [-0.3, -0.25) is 4.98 Å². The molecule has 3 N–H and O–H groups in total. The molecule has 16 heteroatoms. The number of halogens is 5. The van der Waals surface area contributed by atoms with Gasteiger partial charge in [0.1, 0.15) is 11.4 Å². The number of likely N-dealkylation sites (N-methyl/N-ethyl adjacent to an activating group) is 1. The number of carboxylic acid groups (broad SMARTS) is 1. The molecule has 0 radical (unpaired) electrons. The third-order valence-electron chi connectivity index (χ3n) is 6.79. The van der Waals surface area contributed by atoms with Crippen LogP contribution < -0.4 is 10.6 Å². The first-order valence-corrected chi connectivity index (χ1v) is 16.0. The molecule has 0 fully saturated rings. The highest BCUT2D eigenvalue weighted by Crippen LogP contribution is 2.39. The van der Waals surface area contributed by atoms with E-state index in [1.807, 2.05) is 39.0 Å². The van der Waals surface area contributed by atoms with Gasteiger partial charge in [-0.05, 0) is 62.7 Å². The number of benzene rings is 2. The summed E-state index contributed by atoms with van der Waals surface area (Å²) in [6.45, 7) is 9.83. The zero-order valence-corrected chi connectivity index (χ0v) is 29.1. The number of carbonyl (C=O) groups is 2. The number of nitrogens with zero attached hydrogens (tertiary/aromatic N) is 3. The highest BCUT2D eigenvalue weighted by atomic mass is 35.5. The molecule has 0 spiro atoms. The van der Waals surface area contributed by atoms with Crippen LogP contribution in [0.2, 0.25) is 10.0 Å². The summed E-state index contributed by atoms with van der Waals surface area (Å²) in [5, 5.41) is 14.4. The van der Waals surface area contributed by atoms with E-state index in [0.29, 0.717) is 55.4 Å². The minimum Gasteiger partial charge on any atom is -0.475 e. The number of hydrogen-bond donors (Lipinski definition) is 3. The van der Waals surface area contributed by atoms with Gasteiger partial charge in [0.25, 0.3) is 0 Å². The van der Waals surface area contributed by atoms with Gasteiger partial charge in [-0.25, -0.2) is 14.6 Å². The molecule has 268 valence electrons. The van der Waals surface area contributed by atoms with E-state index in [4.69, 9.17) is 52.3 Å². The summed E-state index contributed by atoms with van der Waals surface area (Å²) in [4.78, 5) is 31.9. The highest BCUT2D eigenvalue weighted by Gasteiger charge is 2.38. The van der Waals surface area contributed by atoms with E-state index in [2.05, 4.69) is 45.8 Å². The summed E-state index contributed by atoms with van der Waals surface area (Å²) in [5.41, 5.74) is 4.73. The quantitative estimate of drug-likeness (QED) is 0.174. The van der Waals surface area contributed by atoms with Crippen molar-refractivity contribution in [3.05, 3.63) is 75.5 Å². The third-order valence-corrected chi connectivity index (χ3v) is 7.35. The van der Waals surface area contributed by atoms with Crippen molar-refractivity contribution in [3.63, 3.8) is 0 Å². The van der Waals surface area contributed by atoms with Crippen LogP contribution in [-0.2, 0) is 25.5 Å². The topological polar surface area (TPSA) is 135 Å². The van der Waals surface area contributed by atoms with Gasteiger partial charge in [0.05, 0.1) is 44.5 Å². The van der Waals surface area contributed by atoms with E-state index in [9.17, 15) is 18.0 Å². The lowest BCUT2D eigenvalue weighted by atomic mass is 9.84. The van der Waals surface area contributed by atoms with Gasteiger partial charge in [0.15, 0.2) is 0 Å². The molecule has 1 atom stereocenters. The van der Waals surface area contributed by atoms with Gasteiger partial charge in [0, 0.05) is 47.7 Å². The second-order valence-corrected chi connectivity index (χ2v) is 12.8. The zero-order chi connectivity index (χ0) is 36.2. The number of ether oxygens (including phenoxy) is 3. The van der Waals surface area contributed by atoms with Gasteiger partial charge < -0.3 is 34.9 Å². The maximum atomic E-state index is 11.6. The van der Waals surface area contributed by atoms with Crippen LogP contribution in [0.25, 0.3) is 11.3 Å². The molecule has 2 heterocycles. The lowest BCUT2D eigenvalue weighted by molar-refractivity contribution is -0.192. The van der Waals surface area contributed by atoms with Crippen molar-refractivity contribution in [1.82, 2.24) is 20.2 Å². The van der Waals surface area contributed by atoms with Crippen molar-refractivity contribution >= 4 is 41.1 Å². The van der Waals surface area contributed by atoms with Crippen molar-refractivity contribution < 1.29 is 42.1 Å². The molecule has 1 aliphatic heterocycles.